The zero-order valence-electron chi connectivity index (χ0n) is 7.16. The molecule has 2 atom stereocenters. The maximum Gasteiger partial charge on any atom is 0.334 e. The van der Waals surface area contributed by atoms with E-state index in [1.165, 1.54) is 0 Å². The third kappa shape index (κ3) is 4.57. The zero-order chi connectivity index (χ0) is 9.56. The second kappa shape index (κ2) is 6.26. The number of aliphatic carboxylic acids is 1. The van der Waals surface area contributed by atoms with Gasteiger partial charge in [-0.2, -0.15) is 0 Å². The van der Waals surface area contributed by atoms with Crippen molar-refractivity contribution in [2.24, 2.45) is 0 Å². The van der Waals surface area contributed by atoms with Gasteiger partial charge in [0.05, 0.1) is 5.38 Å². The molecular weight excluding hydrogens is 180 g/mol. The number of carboxylic acids is 1. The van der Waals surface area contributed by atoms with Crippen LogP contribution in [0, 0.1) is 0 Å². The molecule has 2 N–H and O–H groups in total. The number of aliphatic hydroxyl groups is 1. The van der Waals surface area contributed by atoms with E-state index < -0.39 is 17.5 Å². The van der Waals surface area contributed by atoms with Gasteiger partial charge in [-0.05, 0) is 6.42 Å². The van der Waals surface area contributed by atoms with E-state index in [1.807, 2.05) is 0 Å². The van der Waals surface area contributed by atoms with Crippen LogP contribution in [0.5, 0.6) is 0 Å². The summed E-state index contributed by atoms with van der Waals surface area (Å²) < 4.78 is 0. The number of carbonyl (C=O) groups is 1. The standard InChI is InChI=1S/C8H15ClO3/c1-2-3-4-5-6(9)7(10)8(11)12/h6-7,10H,2-5H2,1H3,(H,11,12). The van der Waals surface area contributed by atoms with Crippen molar-refractivity contribution >= 4 is 17.6 Å². The fourth-order valence-electron chi connectivity index (χ4n) is 0.902. The normalized spacial score (nSPS) is 15.6. The highest BCUT2D eigenvalue weighted by Gasteiger charge is 2.22. The van der Waals surface area contributed by atoms with Gasteiger partial charge < -0.3 is 10.2 Å². The number of rotatable bonds is 6. The number of alkyl halides is 1. The van der Waals surface area contributed by atoms with Crippen molar-refractivity contribution in [1.29, 1.82) is 0 Å². The van der Waals surface area contributed by atoms with Crippen molar-refractivity contribution in [3.8, 4) is 0 Å². The minimum absolute atomic E-state index is 0.558. The summed E-state index contributed by atoms with van der Waals surface area (Å²) in [7, 11) is 0. The second-order valence-corrected chi connectivity index (χ2v) is 3.36. The number of carboxylic acid groups (broad SMARTS) is 1. The summed E-state index contributed by atoms with van der Waals surface area (Å²) in [6.07, 6.45) is 2.09. The Morgan fingerprint density at radius 1 is 1.50 bits per heavy atom. The molecule has 0 heterocycles. The highest BCUT2D eigenvalue weighted by Crippen LogP contribution is 2.12. The fourth-order valence-corrected chi connectivity index (χ4v) is 1.16. The van der Waals surface area contributed by atoms with Crippen LogP contribution in [0.3, 0.4) is 0 Å². The van der Waals surface area contributed by atoms with Crippen LogP contribution in [0.25, 0.3) is 0 Å². The van der Waals surface area contributed by atoms with Gasteiger partial charge in [0, 0.05) is 0 Å². The molecule has 0 aliphatic carbocycles. The minimum atomic E-state index is -1.43. The Hall–Kier alpha value is -0.280. The first kappa shape index (κ1) is 11.7. The Morgan fingerprint density at radius 3 is 2.50 bits per heavy atom. The Bertz CT molecular complexity index is 138. The molecule has 0 aliphatic heterocycles. The summed E-state index contributed by atoms with van der Waals surface area (Å²) in [4.78, 5) is 10.2. The van der Waals surface area contributed by atoms with Crippen molar-refractivity contribution in [3.63, 3.8) is 0 Å². The number of halogens is 1. The van der Waals surface area contributed by atoms with Crippen LogP contribution < -0.4 is 0 Å². The van der Waals surface area contributed by atoms with E-state index in [0.29, 0.717) is 6.42 Å². The maximum absolute atomic E-state index is 10.2. The first-order valence-electron chi connectivity index (χ1n) is 4.14. The number of hydrogen-bond donors (Lipinski definition) is 2. The van der Waals surface area contributed by atoms with E-state index in [0.717, 1.165) is 19.3 Å². The molecule has 0 aromatic heterocycles. The molecule has 0 fully saturated rings. The third-order valence-corrected chi connectivity index (χ3v) is 2.14. The maximum atomic E-state index is 10.2. The molecule has 0 aromatic rings. The van der Waals surface area contributed by atoms with Gasteiger partial charge in [-0.1, -0.05) is 26.2 Å². The zero-order valence-corrected chi connectivity index (χ0v) is 7.92. The smallest absolute Gasteiger partial charge is 0.334 e. The highest BCUT2D eigenvalue weighted by atomic mass is 35.5. The van der Waals surface area contributed by atoms with Gasteiger partial charge >= 0.3 is 5.97 Å². The fraction of sp³-hybridized carbons (Fsp3) is 0.875. The number of unbranched alkanes of at least 4 members (excludes halogenated alkanes) is 2. The summed E-state index contributed by atoms with van der Waals surface area (Å²) in [6.45, 7) is 2.05. The molecule has 0 saturated heterocycles. The van der Waals surface area contributed by atoms with Crippen molar-refractivity contribution in [3.05, 3.63) is 0 Å². The number of hydrogen-bond acceptors (Lipinski definition) is 2. The van der Waals surface area contributed by atoms with Crippen LogP contribution >= 0.6 is 11.6 Å². The van der Waals surface area contributed by atoms with Gasteiger partial charge in [0.1, 0.15) is 0 Å². The molecule has 72 valence electrons. The average Bonchev–Trinajstić information content (AvgIpc) is 2.03. The number of aliphatic hydroxyl groups excluding tert-OH is 1. The molecule has 0 spiro atoms. The molecule has 0 amide bonds. The summed E-state index contributed by atoms with van der Waals surface area (Å²) >= 11 is 5.63. The van der Waals surface area contributed by atoms with Crippen LogP contribution in [0.1, 0.15) is 32.6 Å². The van der Waals surface area contributed by atoms with E-state index in [4.69, 9.17) is 21.8 Å². The van der Waals surface area contributed by atoms with E-state index in [9.17, 15) is 4.79 Å². The first-order chi connectivity index (χ1) is 5.59. The summed E-state index contributed by atoms with van der Waals surface area (Å²) in [5.41, 5.74) is 0. The lowest BCUT2D eigenvalue weighted by molar-refractivity contribution is -0.146. The first-order valence-corrected chi connectivity index (χ1v) is 4.58. The van der Waals surface area contributed by atoms with Gasteiger partial charge in [0.2, 0.25) is 0 Å². The SMILES string of the molecule is CCCCCC(Cl)C(O)C(=O)O. The summed E-state index contributed by atoms with van der Waals surface area (Å²) in [5, 5.41) is 16.7. The summed E-state index contributed by atoms with van der Waals surface area (Å²) in [5.74, 6) is -1.24. The van der Waals surface area contributed by atoms with Crippen LogP contribution in [0.4, 0.5) is 0 Å². The molecule has 0 saturated carbocycles. The van der Waals surface area contributed by atoms with Crippen molar-refractivity contribution in [2.75, 3.05) is 0 Å². The third-order valence-electron chi connectivity index (χ3n) is 1.68. The van der Waals surface area contributed by atoms with Crippen molar-refractivity contribution < 1.29 is 15.0 Å². The van der Waals surface area contributed by atoms with Gasteiger partial charge in [-0.25, -0.2) is 4.79 Å². The second-order valence-electron chi connectivity index (χ2n) is 2.79. The van der Waals surface area contributed by atoms with Gasteiger partial charge in [-0.3, -0.25) is 0 Å². The molecule has 4 heteroatoms. The van der Waals surface area contributed by atoms with E-state index >= 15 is 0 Å². The summed E-state index contributed by atoms with van der Waals surface area (Å²) in [6, 6.07) is 0. The van der Waals surface area contributed by atoms with Crippen molar-refractivity contribution in [1.82, 2.24) is 0 Å². The topological polar surface area (TPSA) is 57.5 Å². The Morgan fingerprint density at radius 2 is 2.08 bits per heavy atom. The Balaban J connectivity index is 3.56. The minimum Gasteiger partial charge on any atom is -0.479 e. The van der Waals surface area contributed by atoms with Crippen LogP contribution in [0.2, 0.25) is 0 Å². The van der Waals surface area contributed by atoms with Gasteiger partial charge in [0.25, 0.3) is 0 Å². The molecule has 0 radical (unpaired) electrons. The van der Waals surface area contributed by atoms with Crippen LogP contribution in [-0.2, 0) is 4.79 Å². The van der Waals surface area contributed by atoms with E-state index in [2.05, 4.69) is 6.92 Å². The van der Waals surface area contributed by atoms with Crippen LogP contribution in [-0.4, -0.2) is 27.7 Å². The Labute approximate surface area is 77.3 Å². The average molecular weight is 195 g/mol. The molecular formula is C8H15ClO3. The molecule has 0 aromatic carbocycles. The quantitative estimate of drug-likeness (QED) is 0.499. The van der Waals surface area contributed by atoms with E-state index in [1.54, 1.807) is 0 Å². The lowest BCUT2D eigenvalue weighted by Crippen LogP contribution is -2.29. The Kier molecular flexibility index (Phi) is 6.11. The molecule has 2 unspecified atom stereocenters. The molecule has 0 rings (SSSR count). The van der Waals surface area contributed by atoms with E-state index in [-0.39, 0.29) is 0 Å². The van der Waals surface area contributed by atoms with Gasteiger partial charge in [-0.15, -0.1) is 11.6 Å². The predicted octanol–water partition coefficient (Wildman–Crippen LogP) is 1.62. The lowest BCUT2D eigenvalue weighted by Gasteiger charge is -2.11. The monoisotopic (exact) mass is 194 g/mol. The van der Waals surface area contributed by atoms with Crippen LogP contribution in [0.15, 0.2) is 0 Å². The lowest BCUT2D eigenvalue weighted by atomic mass is 10.1. The largest absolute Gasteiger partial charge is 0.479 e. The highest BCUT2D eigenvalue weighted by molar-refractivity contribution is 6.22. The molecule has 0 aliphatic rings. The van der Waals surface area contributed by atoms with Crippen molar-refractivity contribution in [2.45, 2.75) is 44.1 Å². The molecule has 3 nitrogen and oxygen atoms in total. The predicted molar refractivity (Wildman–Crippen MR) is 47.4 cm³/mol. The molecule has 12 heavy (non-hydrogen) atoms. The molecule has 0 bridgehead atoms. The van der Waals surface area contributed by atoms with Gasteiger partial charge in [0.15, 0.2) is 6.10 Å².